The molecule has 1 N–H and O–H groups in total. The first kappa shape index (κ1) is 23.2. The van der Waals surface area contributed by atoms with Crippen molar-refractivity contribution >= 4 is 17.8 Å². The minimum Gasteiger partial charge on any atom is -0.461 e. The first-order chi connectivity index (χ1) is 16.3. The van der Waals surface area contributed by atoms with Crippen LogP contribution in [-0.4, -0.2) is 44.6 Å². The van der Waals surface area contributed by atoms with E-state index < -0.39 is 11.5 Å². The highest BCUT2D eigenvalue weighted by Crippen LogP contribution is 2.30. The summed E-state index contributed by atoms with van der Waals surface area (Å²) in [6.07, 6.45) is 0. The fourth-order valence-electron chi connectivity index (χ4n) is 4.16. The molecule has 0 radical (unpaired) electrons. The van der Waals surface area contributed by atoms with Crippen molar-refractivity contribution in [2.75, 3.05) is 6.61 Å². The zero-order chi connectivity index (χ0) is 24.3. The van der Waals surface area contributed by atoms with Crippen molar-refractivity contribution in [3.63, 3.8) is 0 Å². The third-order valence-corrected chi connectivity index (χ3v) is 5.99. The zero-order valence-corrected chi connectivity index (χ0v) is 19.6. The van der Waals surface area contributed by atoms with Gasteiger partial charge in [0, 0.05) is 19.2 Å². The number of fused-ring (bicyclic) bond motifs is 1. The van der Waals surface area contributed by atoms with Gasteiger partial charge in [-0.15, -0.1) is 0 Å². The summed E-state index contributed by atoms with van der Waals surface area (Å²) in [6, 6.07) is 18.8. The molecule has 8 nitrogen and oxygen atoms in total. The van der Waals surface area contributed by atoms with Gasteiger partial charge in [0.2, 0.25) is 5.91 Å². The lowest BCUT2D eigenvalue weighted by molar-refractivity contribution is -0.133. The smallest absolute Gasteiger partial charge is 0.358 e. The molecule has 176 valence electrons. The topological polar surface area (TPSA) is 93.5 Å². The number of esters is 1. The Labute approximate surface area is 198 Å². The Hall–Kier alpha value is -3.94. The fourth-order valence-corrected chi connectivity index (χ4v) is 4.16. The molecule has 1 aliphatic rings. The summed E-state index contributed by atoms with van der Waals surface area (Å²) in [5.74, 6) is -1.26. The second-order valence-electron chi connectivity index (χ2n) is 8.62. The van der Waals surface area contributed by atoms with Gasteiger partial charge in [0.15, 0.2) is 5.69 Å². The summed E-state index contributed by atoms with van der Waals surface area (Å²) >= 11 is 0. The lowest BCUT2D eigenvalue weighted by atomic mass is 9.93. The highest BCUT2D eigenvalue weighted by atomic mass is 16.5. The second-order valence-corrected chi connectivity index (χ2v) is 8.62. The number of aromatic nitrogens is 2. The molecule has 2 amide bonds. The predicted molar refractivity (Wildman–Crippen MR) is 126 cm³/mol. The molecule has 0 saturated heterocycles. The van der Waals surface area contributed by atoms with E-state index in [9.17, 15) is 14.4 Å². The monoisotopic (exact) mass is 460 g/mol. The average molecular weight is 461 g/mol. The van der Waals surface area contributed by atoms with Gasteiger partial charge in [-0.3, -0.25) is 14.3 Å². The summed E-state index contributed by atoms with van der Waals surface area (Å²) in [5.41, 5.74) is 2.01. The third kappa shape index (κ3) is 4.57. The number of benzene rings is 2. The number of nitrogens with zero attached hydrogens (tertiary/aromatic N) is 3. The zero-order valence-electron chi connectivity index (χ0n) is 19.6. The Morgan fingerprint density at radius 1 is 1.09 bits per heavy atom. The van der Waals surface area contributed by atoms with Crippen LogP contribution in [0.3, 0.4) is 0 Å². The highest BCUT2D eigenvalue weighted by molar-refractivity contribution is 6.01. The number of ether oxygens (including phenoxy) is 1. The number of nitrogens with one attached hydrogen (secondary N) is 1. The molecule has 2 heterocycles. The third-order valence-electron chi connectivity index (χ3n) is 5.99. The van der Waals surface area contributed by atoms with Crippen molar-refractivity contribution < 1.29 is 19.1 Å². The van der Waals surface area contributed by atoms with E-state index in [4.69, 9.17) is 4.74 Å². The van der Waals surface area contributed by atoms with E-state index in [1.807, 2.05) is 61.5 Å². The minimum atomic E-state index is -1.22. The molecule has 3 aromatic rings. The number of hydrogen-bond acceptors (Lipinski definition) is 5. The molecule has 0 spiro atoms. The number of carbonyl (C=O) groups excluding carboxylic acids is 3. The summed E-state index contributed by atoms with van der Waals surface area (Å²) in [4.78, 5) is 40.9. The minimum absolute atomic E-state index is 0.0506. The van der Waals surface area contributed by atoms with Gasteiger partial charge in [-0.25, -0.2) is 4.79 Å². The number of aryl methyl sites for hydroxylation is 1. The first-order valence-electron chi connectivity index (χ1n) is 11.3. The molecule has 0 fully saturated rings. The standard InChI is InChI=1S/C26H28N4O4/c1-4-34-24(32)21-14-22-23(31)29(16-20-12-8-9-18(2)13-20)26(3,17-30(22)28-21)25(33)27-15-19-10-6-5-7-11-19/h5-14H,4,15-17H2,1-3H3,(H,27,33)/t26-/m1/s1. The molecule has 1 aromatic heterocycles. The van der Waals surface area contributed by atoms with E-state index in [0.717, 1.165) is 16.7 Å². The maximum Gasteiger partial charge on any atom is 0.358 e. The molecule has 34 heavy (non-hydrogen) atoms. The molecular formula is C26H28N4O4. The van der Waals surface area contributed by atoms with Gasteiger partial charge in [-0.2, -0.15) is 5.10 Å². The number of rotatable bonds is 7. The largest absolute Gasteiger partial charge is 0.461 e. The van der Waals surface area contributed by atoms with Gasteiger partial charge < -0.3 is 15.0 Å². The van der Waals surface area contributed by atoms with E-state index in [1.54, 1.807) is 18.7 Å². The van der Waals surface area contributed by atoms with Gasteiger partial charge in [-0.1, -0.05) is 60.2 Å². The van der Waals surface area contributed by atoms with Crippen LogP contribution >= 0.6 is 0 Å². The highest BCUT2D eigenvalue weighted by Gasteiger charge is 2.48. The number of hydrogen-bond donors (Lipinski definition) is 1. The van der Waals surface area contributed by atoms with Crippen molar-refractivity contribution in [1.29, 1.82) is 0 Å². The average Bonchev–Trinajstić information content (AvgIpc) is 3.25. The van der Waals surface area contributed by atoms with Crippen LogP contribution in [0.2, 0.25) is 0 Å². The molecule has 8 heteroatoms. The Balaban J connectivity index is 1.68. The fraction of sp³-hybridized carbons (Fsp3) is 0.308. The quantitative estimate of drug-likeness (QED) is 0.547. The second kappa shape index (κ2) is 9.51. The van der Waals surface area contributed by atoms with Crippen molar-refractivity contribution in [3.8, 4) is 0 Å². The predicted octanol–water partition coefficient (Wildman–Crippen LogP) is 3.10. The molecule has 0 aliphatic carbocycles. The molecule has 0 saturated carbocycles. The van der Waals surface area contributed by atoms with E-state index >= 15 is 0 Å². The Bertz CT molecular complexity index is 1220. The van der Waals surface area contributed by atoms with E-state index in [2.05, 4.69) is 10.4 Å². The summed E-state index contributed by atoms with van der Waals surface area (Å²) < 4.78 is 6.48. The van der Waals surface area contributed by atoms with Crippen LogP contribution in [-0.2, 0) is 29.2 Å². The summed E-state index contributed by atoms with van der Waals surface area (Å²) in [7, 11) is 0. The van der Waals surface area contributed by atoms with Crippen LogP contribution in [0.4, 0.5) is 0 Å². The van der Waals surface area contributed by atoms with Crippen LogP contribution in [0.5, 0.6) is 0 Å². The van der Waals surface area contributed by atoms with E-state index in [-0.39, 0.29) is 42.9 Å². The van der Waals surface area contributed by atoms with Gasteiger partial charge >= 0.3 is 5.97 Å². The number of amides is 2. The molecule has 2 aromatic carbocycles. The molecule has 1 aliphatic heterocycles. The molecule has 1 atom stereocenters. The first-order valence-corrected chi connectivity index (χ1v) is 11.3. The van der Waals surface area contributed by atoms with Gasteiger partial charge in [-0.05, 0) is 31.9 Å². The number of carbonyl (C=O) groups is 3. The maximum absolute atomic E-state index is 13.6. The normalized spacial score (nSPS) is 17.3. The van der Waals surface area contributed by atoms with Gasteiger partial charge in [0.05, 0.1) is 13.2 Å². The van der Waals surface area contributed by atoms with Crippen molar-refractivity contribution in [1.82, 2.24) is 20.0 Å². The van der Waals surface area contributed by atoms with Crippen molar-refractivity contribution in [3.05, 3.63) is 88.7 Å². The Morgan fingerprint density at radius 3 is 2.53 bits per heavy atom. The van der Waals surface area contributed by atoms with Crippen molar-refractivity contribution in [2.45, 2.75) is 45.9 Å². The summed E-state index contributed by atoms with van der Waals surface area (Å²) in [6.45, 7) is 6.31. The van der Waals surface area contributed by atoms with Crippen LogP contribution in [0.1, 0.15) is 51.5 Å². The van der Waals surface area contributed by atoms with E-state index in [0.29, 0.717) is 6.54 Å². The van der Waals surface area contributed by atoms with Crippen LogP contribution in [0, 0.1) is 6.92 Å². The summed E-state index contributed by atoms with van der Waals surface area (Å²) in [5, 5.41) is 7.26. The molecule has 0 unspecified atom stereocenters. The molecular weight excluding hydrogens is 432 g/mol. The lowest BCUT2D eigenvalue weighted by Crippen LogP contribution is -2.63. The lowest BCUT2D eigenvalue weighted by Gasteiger charge is -2.43. The molecule has 0 bridgehead atoms. The maximum atomic E-state index is 13.6. The SMILES string of the molecule is CCOC(=O)c1cc2n(n1)C[C@](C)(C(=O)NCc1ccccc1)N(Cc1cccc(C)c1)C2=O. The molecule has 4 rings (SSSR count). The Kier molecular flexibility index (Phi) is 6.49. The van der Waals surface area contributed by atoms with E-state index in [1.165, 1.54) is 10.7 Å². The van der Waals surface area contributed by atoms with Crippen LogP contribution in [0.25, 0.3) is 0 Å². The van der Waals surface area contributed by atoms with Crippen LogP contribution < -0.4 is 5.32 Å². The van der Waals surface area contributed by atoms with Crippen LogP contribution in [0.15, 0.2) is 60.7 Å². The Morgan fingerprint density at radius 2 is 1.82 bits per heavy atom. The van der Waals surface area contributed by atoms with Crippen molar-refractivity contribution in [2.24, 2.45) is 0 Å². The van der Waals surface area contributed by atoms with Gasteiger partial charge in [0.1, 0.15) is 11.2 Å². The van der Waals surface area contributed by atoms with Gasteiger partial charge in [0.25, 0.3) is 5.91 Å².